The molecule has 1 saturated heterocycles. The lowest BCUT2D eigenvalue weighted by molar-refractivity contribution is -0.161. The van der Waals surface area contributed by atoms with E-state index in [1.807, 2.05) is 12.2 Å². The summed E-state index contributed by atoms with van der Waals surface area (Å²) in [7, 11) is -10.9. The van der Waals surface area contributed by atoms with Crippen molar-refractivity contribution in [1.82, 2.24) is 9.55 Å². The van der Waals surface area contributed by atoms with Gasteiger partial charge in [0, 0.05) is 19.0 Å². The van der Waals surface area contributed by atoms with Gasteiger partial charge in [0.15, 0.2) is 12.3 Å². The molecule has 2 rings (SSSR count). The summed E-state index contributed by atoms with van der Waals surface area (Å²) >= 11 is 0. The number of ether oxygens (including phenoxy) is 3. The van der Waals surface area contributed by atoms with Gasteiger partial charge in [0.25, 0.3) is 0 Å². The summed E-state index contributed by atoms with van der Waals surface area (Å²) in [6.45, 7) is 4.26. The second-order valence-electron chi connectivity index (χ2n) is 18.8. The lowest BCUT2D eigenvalue weighted by Gasteiger charge is -2.21. The number of aromatic nitrogens is 2. The standard InChI is InChI=1S/C48H87N3O17P2/c1-4-5-6-7-18-23-28-39(52)40(53)29-24-19-16-21-26-31-44(55)66-38(34-63-43(54)30-25-20-15-13-11-9-8-10-12-14-17-22-27-37(2)3)35-64-69(59,60)68-70(61,62)65-36-41-45(56)46(57)47(67-41)51-33-32-42(49)50-48(51)58/h18,23,32-33,37-41,45-47,52-53,56-57H,4-17,19-22,24-31,34-36H2,1-3H3,(H,59,60)(H,61,62)(H2,49,50,58)/b23-18-/t38-,39+,40+,41-,45-,46-,47-/m1/s1. The highest BCUT2D eigenvalue weighted by Gasteiger charge is 2.46. The van der Waals surface area contributed by atoms with E-state index in [-0.39, 0.29) is 18.7 Å². The summed E-state index contributed by atoms with van der Waals surface area (Å²) in [5.74, 6) is -0.639. The predicted molar refractivity (Wildman–Crippen MR) is 264 cm³/mol. The third-order valence-corrected chi connectivity index (χ3v) is 14.6. The molecule has 406 valence electrons. The molecule has 1 aliphatic rings. The fourth-order valence-electron chi connectivity index (χ4n) is 7.82. The first-order valence-electron chi connectivity index (χ1n) is 25.7. The highest BCUT2D eigenvalue weighted by molar-refractivity contribution is 7.61. The number of aliphatic hydroxyl groups is 4. The van der Waals surface area contributed by atoms with E-state index < -0.39 is 95.9 Å². The van der Waals surface area contributed by atoms with Crippen LogP contribution in [0.5, 0.6) is 0 Å². The average Bonchev–Trinajstić information content (AvgIpc) is 3.58. The predicted octanol–water partition coefficient (Wildman–Crippen LogP) is 8.25. The fourth-order valence-corrected chi connectivity index (χ4v) is 9.93. The third kappa shape index (κ3) is 29.2. The molecule has 9 atom stereocenters. The maximum atomic E-state index is 12.9. The van der Waals surface area contributed by atoms with Crippen LogP contribution in [0.2, 0.25) is 0 Å². The van der Waals surface area contributed by atoms with E-state index in [0.29, 0.717) is 38.5 Å². The zero-order chi connectivity index (χ0) is 51.8. The van der Waals surface area contributed by atoms with Gasteiger partial charge in [-0.15, -0.1) is 0 Å². The van der Waals surface area contributed by atoms with E-state index in [2.05, 4.69) is 30.1 Å². The van der Waals surface area contributed by atoms with Crippen molar-refractivity contribution < 1.29 is 76.5 Å². The Morgan fingerprint density at radius 2 is 1.31 bits per heavy atom. The van der Waals surface area contributed by atoms with Crippen LogP contribution in [0.3, 0.4) is 0 Å². The van der Waals surface area contributed by atoms with E-state index >= 15 is 0 Å². The Bertz CT molecular complexity index is 1770. The number of hydrogen-bond donors (Lipinski definition) is 7. The fraction of sp³-hybridized carbons (Fsp3) is 0.833. The number of hydrogen-bond acceptors (Lipinski definition) is 17. The lowest BCUT2D eigenvalue weighted by atomic mass is 10.0. The van der Waals surface area contributed by atoms with Crippen molar-refractivity contribution in [2.75, 3.05) is 25.6 Å². The summed E-state index contributed by atoms with van der Waals surface area (Å²) in [5.41, 5.74) is 4.57. The Labute approximate surface area is 415 Å². The summed E-state index contributed by atoms with van der Waals surface area (Å²) in [5, 5.41) is 41.5. The number of phosphoric ester groups is 2. The Kier molecular flexibility index (Phi) is 33.0. The lowest BCUT2D eigenvalue weighted by Crippen LogP contribution is -2.36. The molecule has 2 heterocycles. The molecule has 8 N–H and O–H groups in total. The number of esters is 2. The van der Waals surface area contributed by atoms with Crippen molar-refractivity contribution >= 4 is 33.4 Å². The maximum Gasteiger partial charge on any atom is 0.481 e. The zero-order valence-electron chi connectivity index (χ0n) is 42.0. The van der Waals surface area contributed by atoms with Crippen LogP contribution < -0.4 is 11.4 Å². The number of carbonyl (C=O) groups excluding carboxylic acids is 2. The summed E-state index contributed by atoms with van der Waals surface area (Å²) in [6.07, 6.45) is 18.8. The van der Waals surface area contributed by atoms with Crippen molar-refractivity contribution in [3.8, 4) is 0 Å². The Morgan fingerprint density at radius 3 is 1.90 bits per heavy atom. The van der Waals surface area contributed by atoms with Crippen LogP contribution in [-0.2, 0) is 46.3 Å². The van der Waals surface area contributed by atoms with Gasteiger partial charge in [0.05, 0.1) is 25.4 Å². The number of nitrogen functional groups attached to an aromatic ring is 1. The summed E-state index contributed by atoms with van der Waals surface area (Å²) in [6, 6.07) is 1.24. The van der Waals surface area contributed by atoms with Gasteiger partial charge in [-0.1, -0.05) is 148 Å². The molecule has 22 heteroatoms. The molecule has 1 fully saturated rings. The van der Waals surface area contributed by atoms with Gasteiger partial charge in [-0.05, 0) is 50.5 Å². The molecule has 0 saturated carbocycles. The first-order valence-corrected chi connectivity index (χ1v) is 28.7. The quantitative estimate of drug-likeness (QED) is 0.0140. The molecule has 0 radical (unpaired) electrons. The minimum Gasteiger partial charge on any atom is -0.462 e. The van der Waals surface area contributed by atoms with Gasteiger partial charge in [-0.25, -0.2) is 13.9 Å². The smallest absolute Gasteiger partial charge is 0.462 e. The van der Waals surface area contributed by atoms with Gasteiger partial charge < -0.3 is 50.2 Å². The normalized spacial score (nSPS) is 20.3. The molecule has 1 aromatic rings. The molecule has 0 aliphatic carbocycles. The molecule has 1 aromatic heterocycles. The number of nitrogens with two attached hydrogens (primary N) is 1. The number of carbonyl (C=O) groups is 2. The largest absolute Gasteiger partial charge is 0.481 e. The minimum absolute atomic E-state index is 0.0457. The van der Waals surface area contributed by atoms with Crippen LogP contribution in [-0.4, -0.2) is 108 Å². The topological polar surface area (TPSA) is 306 Å². The van der Waals surface area contributed by atoms with Gasteiger partial charge in [-0.3, -0.25) is 23.2 Å². The van der Waals surface area contributed by atoms with E-state index in [4.69, 9.17) is 29.0 Å². The molecule has 0 spiro atoms. The highest BCUT2D eigenvalue weighted by Crippen LogP contribution is 2.60. The van der Waals surface area contributed by atoms with E-state index in [0.717, 1.165) is 80.9 Å². The van der Waals surface area contributed by atoms with Crippen molar-refractivity contribution in [3.63, 3.8) is 0 Å². The van der Waals surface area contributed by atoms with Gasteiger partial charge in [-0.2, -0.15) is 9.29 Å². The van der Waals surface area contributed by atoms with E-state index in [1.165, 1.54) is 57.4 Å². The van der Waals surface area contributed by atoms with Crippen LogP contribution in [0.4, 0.5) is 5.82 Å². The molecule has 0 amide bonds. The van der Waals surface area contributed by atoms with E-state index in [9.17, 15) is 53.7 Å². The first-order chi connectivity index (χ1) is 33.3. The number of allylic oxidation sites excluding steroid dienone is 1. The number of unbranched alkanes of at least 4 members (excludes halogenated alkanes) is 18. The minimum atomic E-state index is -5.45. The molecule has 20 nitrogen and oxygen atoms in total. The second-order valence-corrected chi connectivity index (χ2v) is 21.9. The van der Waals surface area contributed by atoms with Gasteiger partial charge in [0.1, 0.15) is 30.7 Å². The first kappa shape index (κ1) is 63.5. The number of phosphoric acid groups is 2. The third-order valence-electron chi connectivity index (χ3n) is 12.0. The summed E-state index contributed by atoms with van der Waals surface area (Å²) < 4.78 is 56.7. The number of rotatable bonds is 42. The number of anilines is 1. The summed E-state index contributed by atoms with van der Waals surface area (Å²) in [4.78, 5) is 61.9. The maximum absolute atomic E-state index is 12.9. The highest BCUT2D eigenvalue weighted by atomic mass is 31.3. The molecule has 70 heavy (non-hydrogen) atoms. The SMILES string of the molecule is CCCCC/C=C\C[C@H](O)[C@@H](O)CCCCCCCC(=O)O[C@H](COC(=O)CCCCCCCCCCCCCCC(C)C)COP(=O)(O)OP(=O)(O)OC[C@H]1O[C@@H](n2ccc(N)nc2=O)[C@H](O)[C@@H]1O. The van der Waals surface area contributed by atoms with Crippen LogP contribution in [0.1, 0.15) is 194 Å². The van der Waals surface area contributed by atoms with E-state index in [1.54, 1.807) is 0 Å². The molecule has 0 bridgehead atoms. The molecule has 0 aromatic carbocycles. The van der Waals surface area contributed by atoms with Crippen LogP contribution in [0.25, 0.3) is 0 Å². The van der Waals surface area contributed by atoms with Crippen molar-refractivity contribution in [2.24, 2.45) is 5.92 Å². The zero-order valence-corrected chi connectivity index (χ0v) is 43.8. The number of nitrogens with zero attached hydrogens (tertiary/aromatic N) is 2. The monoisotopic (exact) mass is 1040 g/mol. The number of aliphatic hydroxyl groups excluding tert-OH is 4. The Hall–Kier alpha value is -2.58. The van der Waals surface area contributed by atoms with Gasteiger partial charge >= 0.3 is 33.3 Å². The van der Waals surface area contributed by atoms with Crippen molar-refractivity contribution in [2.45, 2.75) is 231 Å². The van der Waals surface area contributed by atoms with Crippen molar-refractivity contribution in [3.05, 3.63) is 34.9 Å². The molecular weight excluding hydrogens is 952 g/mol. The average molecular weight is 1040 g/mol. The van der Waals surface area contributed by atoms with Crippen LogP contribution in [0.15, 0.2) is 29.2 Å². The molecule has 1 aliphatic heterocycles. The Morgan fingerprint density at radius 1 is 0.757 bits per heavy atom. The molecule has 2 unspecified atom stereocenters. The van der Waals surface area contributed by atoms with Crippen LogP contribution >= 0.6 is 15.6 Å². The van der Waals surface area contributed by atoms with Crippen molar-refractivity contribution in [1.29, 1.82) is 0 Å². The molecular formula is C48H87N3O17P2. The van der Waals surface area contributed by atoms with Crippen LogP contribution in [0, 0.1) is 5.92 Å². The Balaban J connectivity index is 1.83. The van der Waals surface area contributed by atoms with Gasteiger partial charge in [0.2, 0.25) is 0 Å². The second kappa shape index (κ2) is 36.4.